The van der Waals surface area contributed by atoms with Crippen molar-refractivity contribution < 1.29 is 4.84 Å². The van der Waals surface area contributed by atoms with Crippen molar-refractivity contribution in [2.45, 2.75) is 6.61 Å². The van der Waals surface area contributed by atoms with Crippen molar-refractivity contribution in [3.05, 3.63) is 34.2 Å². The standard InChI is InChI=1S/C10H13N3O2/c1-12-8-4-3-7(6-15-11)5-9(8)13(2)10(12)14/h3-5H,6,11H2,1-2H3. The van der Waals surface area contributed by atoms with Crippen LogP contribution in [0.25, 0.3) is 11.0 Å². The lowest BCUT2D eigenvalue weighted by atomic mass is 10.2. The summed E-state index contributed by atoms with van der Waals surface area (Å²) in [5.74, 6) is 5.00. The summed E-state index contributed by atoms with van der Waals surface area (Å²) < 4.78 is 3.22. The van der Waals surface area contributed by atoms with E-state index in [1.165, 1.54) is 0 Å². The zero-order valence-corrected chi connectivity index (χ0v) is 8.73. The van der Waals surface area contributed by atoms with Crippen molar-refractivity contribution in [3.8, 4) is 0 Å². The number of hydrogen-bond acceptors (Lipinski definition) is 3. The molecule has 1 aromatic carbocycles. The van der Waals surface area contributed by atoms with E-state index < -0.39 is 0 Å². The molecule has 15 heavy (non-hydrogen) atoms. The second kappa shape index (κ2) is 3.52. The summed E-state index contributed by atoms with van der Waals surface area (Å²) in [6.07, 6.45) is 0. The first-order valence-corrected chi connectivity index (χ1v) is 4.61. The number of aromatic nitrogens is 2. The molecule has 0 aliphatic rings. The maximum atomic E-state index is 11.6. The lowest BCUT2D eigenvalue weighted by Crippen LogP contribution is -2.19. The van der Waals surface area contributed by atoms with Gasteiger partial charge in [0.15, 0.2) is 0 Å². The molecule has 0 radical (unpaired) electrons. The molecule has 1 aromatic heterocycles. The molecule has 0 saturated heterocycles. The van der Waals surface area contributed by atoms with E-state index in [1.807, 2.05) is 18.2 Å². The molecule has 2 N–H and O–H groups in total. The lowest BCUT2D eigenvalue weighted by Gasteiger charge is -2.00. The van der Waals surface area contributed by atoms with Crippen molar-refractivity contribution in [3.63, 3.8) is 0 Å². The Morgan fingerprint density at radius 2 is 1.93 bits per heavy atom. The Balaban J connectivity index is 2.71. The van der Waals surface area contributed by atoms with Crippen LogP contribution in [0.2, 0.25) is 0 Å². The lowest BCUT2D eigenvalue weighted by molar-refractivity contribution is 0.124. The maximum Gasteiger partial charge on any atom is 0.328 e. The largest absolute Gasteiger partial charge is 0.328 e. The Kier molecular flexibility index (Phi) is 2.34. The normalized spacial score (nSPS) is 11.1. The van der Waals surface area contributed by atoms with Crippen LogP contribution >= 0.6 is 0 Å². The number of benzene rings is 1. The molecule has 0 spiro atoms. The molecule has 1 heterocycles. The van der Waals surface area contributed by atoms with Gasteiger partial charge in [-0.05, 0) is 17.7 Å². The Bertz CT molecular complexity index is 554. The molecule has 0 atom stereocenters. The monoisotopic (exact) mass is 207 g/mol. The van der Waals surface area contributed by atoms with Crippen molar-refractivity contribution in [2.75, 3.05) is 0 Å². The minimum Gasteiger partial charge on any atom is -0.300 e. The first-order valence-electron chi connectivity index (χ1n) is 4.61. The van der Waals surface area contributed by atoms with E-state index >= 15 is 0 Å². The Hall–Kier alpha value is -1.59. The quantitative estimate of drug-likeness (QED) is 0.719. The predicted molar refractivity (Wildman–Crippen MR) is 57.1 cm³/mol. The smallest absolute Gasteiger partial charge is 0.300 e. The van der Waals surface area contributed by atoms with Gasteiger partial charge < -0.3 is 0 Å². The Morgan fingerprint density at radius 3 is 2.60 bits per heavy atom. The highest BCUT2D eigenvalue weighted by Crippen LogP contribution is 2.14. The van der Waals surface area contributed by atoms with E-state index in [9.17, 15) is 4.79 Å². The van der Waals surface area contributed by atoms with Gasteiger partial charge in [-0.1, -0.05) is 6.07 Å². The molecule has 0 aliphatic heterocycles. The summed E-state index contributed by atoms with van der Waals surface area (Å²) in [6, 6.07) is 5.70. The van der Waals surface area contributed by atoms with Crippen LogP contribution in [0.3, 0.4) is 0 Å². The number of nitrogens with two attached hydrogens (primary N) is 1. The highest BCUT2D eigenvalue weighted by Gasteiger charge is 2.07. The Labute approximate surface area is 86.6 Å². The van der Waals surface area contributed by atoms with Gasteiger partial charge in [-0.25, -0.2) is 10.7 Å². The molecule has 0 bridgehead atoms. The SMILES string of the molecule is Cn1c(=O)n(C)c2cc(CON)ccc21. The second-order valence-corrected chi connectivity index (χ2v) is 3.53. The highest BCUT2D eigenvalue weighted by atomic mass is 16.6. The van der Waals surface area contributed by atoms with E-state index in [0.717, 1.165) is 16.6 Å². The molecule has 5 heteroatoms. The molecule has 0 aliphatic carbocycles. The van der Waals surface area contributed by atoms with Gasteiger partial charge in [0, 0.05) is 14.1 Å². The molecule has 0 amide bonds. The van der Waals surface area contributed by atoms with E-state index in [4.69, 9.17) is 5.90 Å². The van der Waals surface area contributed by atoms with Gasteiger partial charge in [-0.2, -0.15) is 0 Å². The number of nitrogens with zero attached hydrogens (tertiary/aromatic N) is 2. The summed E-state index contributed by atoms with van der Waals surface area (Å²) >= 11 is 0. The summed E-state index contributed by atoms with van der Waals surface area (Å²) in [5.41, 5.74) is 2.71. The molecule has 80 valence electrons. The van der Waals surface area contributed by atoms with Crippen LogP contribution in [0.15, 0.2) is 23.0 Å². The van der Waals surface area contributed by atoms with Gasteiger partial charge in [0.05, 0.1) is 17.6 Å². The Morgan fingerprint density at radius 1 is 1.27 bits per heavy atom. The third kappa shape index (κ3) is 1.45. The topological polar surface area (TPSA) is 62.2 Å². The summed E-state index contributed by atoms with van der Waals surface area (Å²) in [7, 11) is 3.50. The van der Waals surface area contributed by atoms with Crippen LogP contribution in [-0.2, 0) is 25.5 Å². The number of hydrogen-bond donors (Lipinski definition) is 1. The number of fused-ring (bicyclic) bond motifs is 1. The predicted octanol–water partition coefficient (Wildman–Crippen LogP) is 0.267. The van der Waals surface area contributed by atoms with E-state index in [-0.39, 0.29) is 5.69 Å². The molecule has 0 unspecified atom stereocenters. The fourth-order valence-corrected chi connectivity index (χ4v) is 1.74. The molecular weight excluding hydrogens is 194 g/mol. The number of imidazole rings is 1. The average Bonchev–Trinajstić information content (AvgIpc) is 2.45. The third-order valence-corrected chi connectivity index (χ3v) is 2.59. The van der Waals surface area contributed by atoms with E-state index in [0.29, 0.717) is 6.61 Å². The molecule has 5 nitrogen and oxygen atoms in total. The van der Waals surface area contributed by atoms with Crippen LogP contribution in [0.4, 0.5) is 0 Å². The summed E-state index contributed by atoms with van der Waals surface area (Å²) in [5, 5.41) is 0. The van der Waals surface area contributed by atoms with Crippen molar-refractivity contribution >= 4 is 11.0 Å². The number of rotatable bonds is 2. The van der Waals surface area contributed by atoms with Crippen molar-refractivity contribution in [1.29, 1.82) is 0 Å². The fourth-order valence-electron chi connectivity index (χ4n) is 1.74. The zero-order chi connectivity index (χ0) is 11.0. The minimum atomic E-state index is -0.0317. The maximum absolute atomic E-state index is 11.6. The van der Waals surface area contributed by atoms with Crippen molar-refractivity contribution in [2.24, 2.45) is 20.0 Å². The average molecular weight is 207 g/mol. The second-order valence-electron chi connectivity index (χ2n) is 3.53. The fraction of sp³-hybridized carbons (Fsp3) is 0.300. The van der Waals surface area contributed by atoms with E-state index in [1.54, 1.807) is 23.2 Å². The summed E-state index contributed by atoms with van der Waals surface area (Å²) in [6.45, 7) is 0.346. The summed E-state index contributed by atoms with van der Waals surface area (Å²) in [4.78, 5) is 16.2. The van der Waals surface area contributed by atoms with Crippen molar-refractivity contribution in [1.82, 2.24) is 9.13 Å². The zero-order valence-electron chi connectivity index (χ0n) is 8.73. The van der Waals surface area contributed by atoms with Crippen LogP contribution < -0.4 is 11.6 Å². The first-order chi connectivity index (χ1) is 7.15. The van der Waals surface area contributed by atoms with Gasteiger partial charge in [-0.15, -0.1) is 0 Å². The molecule has 2 aromatic rings. The molecular formula is C10H13N3O2. The van der Waals surface area contributed by atoms with Gasteiger partial charge in [0.1, 0.15) is 0 Å². The van der Waals surface area contributed by atoms with Crippen LogP contribution in [0, 0.1) is 0 Å². The van der Waals surface area contributed by atoms with Crippen LogP contribution in [-0.4, -0.2) is 9.13 Å². The molecule has 2 rings (SSSR count). The van der Waals surface area contributed by atoms with Crippen LogP contribution in [0.1, 0.15) is 5.56 Å². The third-order valence-electron chi connectivity index (χ3n) is 2.59. The number of aryl methyl sites for hydroxylation is 2. The molecule has 0 saturated carbocycles. The van der Waals surface area contributed by atoms with Crippen LogP contribution in [0.5, 0.6) is 0 Å². The first kappa shape index (κ1) is 9.95. The van der Waals surface area contributed by atoms with Gasteiger partial charge in [-0.3, -0.25) is 14.0 Å². The van der Waals surface area contributed by atoms with Gasteiger partial charge in [0.25, 0.3) is 0 Å². The highest BCUT2D eigenvalue weighted by molar-refractivity contribution is 5.76. The van der Waals surface area contributed by atoms with Gasteiger partial charge >= 0.3 is 5.69 Å². The minimum absolute atomic E-state index is 0.0317. The van der Waals surface area contributed by atoms with E-state index in [2.05, 4.69) is 4.84 Å². The molecule has 0 fully saturated rings. The van der Waals surface area contributed by atoms with Gasteiger partial charge in [0.2, 0.25) is 0 Å².